The SMILES string of the molecule is CNN1CCN(S(C)(=O)=O)C[C@@H]1c1ccccc1. The second kappa shape index (κ2) is 5.36. The number of benzene rings is 1. The summed E-state index contributed by atoms with van der Waals surface area (Å²) in [7, 11) is -1.25. The molecule has 1 fully saturated rings. The maximum Gasteiger partial charge on any atom is 0.211 e. The Bertz CT molecular complexity index is 489. The second-order valence-corrected chi connectivity index (χ2v) is 6.45. The van der Waals surface area contributed by atoms with E-state index >= 15 is 0 Å². The van der Waals surface area contributed by atoms with E-state index in [1.807, 2.05) is 37.4 Å². The lowest BCUT2D eigenvalue weighted by Gasteiger charge is -2.40. The van der Waals surface area contributed by atoms with Gasteiger partial charge in [-0.2, -0.15) is 4.31 Å². The number of nitrogens with zero attached hydrogens (tertiary/aromatic N) is 2. The first-order valence-corrected chi connectivity index (χ1v) is 7.81. The van der Waals surface area contributed by atoms with E-state index in [9.17, 15) is 8.42 Å². The van der Waals surface area contributed by atoms with Gasteiger partial charge in [0.15, 0.2) is 0 Å². The van der Waals surface area contributed by atoms with Crippen molar-refractivity contribution < 1.29 is 8.42 Å². The van der Waals surface area contributed by atoms with Crippen molar-refractivity contribution >= 4 is 10.0 Å². The van der Waals surface area contributed by atoms with Crippen LogP contribution in [0.25, 0.3) is 0 Å². The highest BCUT2D eigenvalue weighted by Crippen LogP contribution is 2.24. The van der Waals surface area contributed by atoms with Crippen molar-refractivity contribution in [3.8, 4) is 0 Å². The Kier molecular flexibility index (Phi) is 4.01. The highest BCUT2D eigenvalue weighted by molar-refractivity contribution is 7.88. The van der Waals surface area contributed by atoms with Crippen molar-refractivity contribution in [1.29, 1.82) is 0 Å². The summed E-state index contributed by atoms with van der Waals surface area (Å²) in [4.78, 5) is 0. The Morgan fingerprint density at radius 3 is 2.44 bits per heavy atom. The summed E-state index contributed by atoms with van der Waals surface area (Å²) in [6, 6.07) is 10.0. The molecule has 100 valence electrons. The maximum atomic E-state index is 11.6. The molecular formula is C12H19N3O2S. The lowest BCUT2D eigenvalue weighted by molar-refractivity contribution is 0.0758. The molecule has 1 aliphatic heterocycles. The normalized spacial score (nSPS) is 23.1. The lowest BCUT2D eigenvalue weighted by Crippen LogP contribution is -2.53. The van der Waals surface area contributed by atoms with Gasteiger partial charge in [-0.15, -0.1) is 0 Å². The van der Waals surface area contributed by atoms with E-state index in [1.54, 1.807) is 4.31 Å². The van der Waals surface area contributed by atoms with Gasteiger partial charge in [0.05, 0.1) is 12.3 Å². The summed E-state index contributed by atoms with van der Waals surface area (Å²) >= 11 is 0. The fraction of sp³-hybridized carbons (Fsp3) is 0.500. The van der Waals surface area contributed by atoms with Crippen molar-refractivity contribution in [3.63, 3.8) is 0 Å². The standard InChI is InChI=1S/C12H19N3O2S/c1-13-15-9-8-14(18(2,16)17)10-12(15)11-6-4-3-5-7-11/h3-7,12-13H,8-10H2,1-2H3/t12-/m1/s1. The van der Waals surface area contributed by atoms with Crippen LogP contribution < -0.4 is 5.43 Å². The van der Waals surface area contributed by atoms with Gasteiger partial charge >= 0.3 is 0 Å². The molecule has 18 heavy (non-hydrogen) atoms. The first-order chi connectivity index (χ1) is 8.52. The maximum absolute atomic E-state index is 11.6. The Morgan fingerprint density at radius 1 is 1.22 bits per heavy atom. The van der Waals surface area contributed by atoms with E-state index in [-0.39, 0.29) is 6.04 Å². The van der Waals surface area contributed by atoms with Crippen LogP contribution in [0.4, 0.5) is 0 Å². The highest BCUT2D eigenvalue weighted by Gasteiger charge is 2.31. The van der Waals surface area contributed by atoms with E-state index in [0.29, 0.717) is 19.6 Å². The molecule has 0 amide bonds. The Morgan fingerprint density at radius 2 is 1.89 bits per heavy atom. The molecule has 0 bridgehead atoms. The average molecular weight is 269 g/mol. The molecule has 1 aliphatic rings. The summed E-state index contributed by atoms with van der Waals surface area (Å²) in [5.41, 5.74) is 4.26. The van der Waals surface area contributed by atoms with E-state index in [1.165, 1.54) is 6.26 Å². The minimum Gasteiger partial charge on any atom is -0.258 e. The Labute approximate surface area is 108 Å². The predicted octanol–water partition coefficient (Wildman–Crippen LogP) is 0.439. The molecule has 0 aliphatic carbocycles. The first kappa shape index (κ1) is 13.5. The van der Waals surface area contributed by atoms with Gasteiger partial charge in [-0.25, -0.2) is 13.4 Å². The molecule has 0 unspecified atom stereocenters. The summed E-state index contributed by atoms with van der Waals surface area (Å²) in [6.07, 6.45) is 1.27. The number of rotatable bonds is 3. The molecule has 0 aromatic heterocycles. The topological polar surface area (TPSA) is 52.6 Å². The zero-order chi connectivity index (χ0) is 13.2. The van der Waals surface area contributed by atoms with Crippen molar-refractivity contribution in [2.75, 3.05) is 32.9 Å². The molecule has 1 N–H and O–H groups in total. The van der Waals surface area contributed by atoms with Gasteiger partial charge in [-0.1, -0.05) is 30.3 Å². The van der Waals surface area contributed by atoms with Gasteiger partial charge in [-0.05, 0) is 12.6 Å². The third-order valence-corrected chi connectivity index (χ3v) is 4.55. The predicted molar refractivity (Wildman–Crippen MR) is 71.4 cm³/mol. The molecule has 0 spiro atoms. The summed E-state index contributed by atoms with van der Waals surface area (Å²) in [6.45, 7) is 1.70. The van der Waals surface area contributed by atoms with Crippen molar-refractivity contribution in [2.24, 2.45) is 0 Å². The molecule has 1 aromatic rings. The van der Waals surface area contributed by atoms with E-state index in [0.717, 1.165) is 5.56 Å². The number of hydrogen-bond donors (Lipinski definition) is 1. The third kappa shape index (κ3) is 2.89. The fourth-order valence-corrected chi connectivity index (χ4v) is 3.11. The molecule has 1 aromatic carbocycles. The van der Waals surface area contributed by atoms with Gasteiger partial charge < -0.3 is 0 Å². The number of nitrogens with one attached hydrogen (secondary N) is 1. The van der Waals surface area contributed by atoms with Crippen LogP contribution in [-0.4, -0.2) is 50.7 Å². The van der Waals surface area contributed by atoms with Gasteiger partial charge in [0.1, 0.15) is 0 Å². The minimum atomic E-state index is -3.12. The van der Waals surface area contributed by atoms with Gasteiger partial charge in [0.25, 0.3) is 0 Å². The highest BCUT2D eigenvalue weighted by atomic mass is 32.2. The third-order valence-electron chi connectivity index (χ3n) is 3.28. The summed E-state index contributed by atoms with van der Waals surface area (Å²) < 4.78 is 24.8. The van der Waals surface area contributed by atoms with Crippen LogP contribution in [0.5, 0.6) is 0 Å². The quantitative estimate of drug-likeness (QED) is 0.865. The van der Waals surface area contributed by atoms with Crippen LogP contribution in [0.3, 0.4) is 0 Å². The van der Waals surface area contributed by atoms with Crippen LogP contribution in [0.15, 0.2) is 30.3 Å². The van der Waals surface area contributed by atoms with E-state index < -0.39 is 10.0 Å². The molecule has 6 heteroatoms. The van der Waals surface area contributed by atoms with Gasteiger partial charge in [-0.3, -0.25) is 5.43 Å². The molecule has 0 saturated carbocycles. The molecule has 0 radical (unpaired) electrons. The molecule has 1 heterocycles. The summed E-state index contributed by atoms with van der Waals surface area (Å²) in [5, 5.41) is 2.08. The number of hydrazine groups is 1. The molecule has 1 saturated heterocycles. The zero-order valence-electron chi connectivity index (χ0n) is 10.7. The largest absolute Gasteiger partial charge is 0.258 e. The summed E-state index contributed by atoms with van der Waals surface area (Å²) in [5.74, 6) is 0. The van der Waals surface area contributed by atoms with Crippen LogP contribution >= 0.6 is 0 Å². The number of sulfonamides is 1. The fourth-order valence-electron chi connectivity index (χ4n) is 2.29. The van der Waals surface area contributed by atoms with Gasteiger partial charge in [0.2, 0.25) is 10.0 Å². The zero-order valence-corrected chi connectivity index (χ0v) is 11.5. The van der Waals surface area contributed by atoms with Crippen LogP contribution in [0.2, 0.25) is 0 Å². The Balaban J connectivity index is 2.24. The minimum absolute atomic E-state index is 0.0553. The Hall–Kier alpha value is -0.950. The van der Waals surface area contributed by atoms with E-state index in [4.69, 9.17) is 0 Å². The molecule has 2 rings (SSSR count). The first-order valence-electron chi connectivity index (χ1n) is 5.96. The van der Waals surface area contributed by atoms with Crippen molar-refractivity contribution in [1.82, 2.24) is 14.7 Å². The lowest BCUT2D eigenvalue weighted by atomic mass is 10.1. The van der Waals surface area contributed by atoms with Crippen LogP contribution in [0, 0.1) is 0 Å². The van der Waals surface area contributed by atoms with Crippen molar-refractivity contribution in [3.05, 3.63) is 35.9 Å². The van der Waals surface area contributed by atoms with Crippen LogP contribution in [0.1, 0.15) is 11.6 Å². The van der Waals surface area contributed by atoms with Crippen LogP contribution in [-0.2, 0) is 10.0 Å². The number of hydrogen-bond acceptors (Lipinski definition) is 4. The molecule has 1 atom stereocenters. The average Bonchev–Trinajstić information content (AvgIpc) is 2.38. The molecular weight excluding hydrogens is 250 g/mol. The van der Waals surface area contributed by atoms with E-state index in [2.05, 4.69) is 10.4 Å². The monoisotopic (exact) mass is 269 g/mol. The molecule has 5 nitrogen and oxygen atoms in total. The number of piperazine rings is 1. The van der Waals surface area contributed by atoms with Gasteiger partial charge in [0, 0.05) is 19.6 Å². The van der Waals surface area contributed by atoms with Crippen molar-refractivity contribution in [2.45, 2.75) is 6.04 Å². The second-order valence-electron chi connectivity index (χ2n) is 4.46. The smallest absolute Gasteiger partial charge is 0.211 e.